The van der Waals surface area contributed by atoms with Crippen molar-refractivity contribution in [2.24, 2.45) is 7.05 Å². The molecule has 1 aromatic carbocycles. The fraction of sp³-hybridized carbons (Fsp3) is 0.526. The maximum atomic E-state index is 10.5. The number of β-amino-alcohol motifs (C(OH)–C–C–N with tert-alkyl or cyclic N) is 1. The number of likely N-dealkylation sites (tertiary alicyclic amines) is 1. The molecule has 1 aromatic heterocycles. The van der Waals surface area contributed by atoms with Crippen LogP contribution in [0.5, 0.6) is 5.75 Å². The Bertz CT molecular complexity index is 668. The van der Waals surface area contributed by atoms with Crippen molar-refractivity contribution in [3.8, 4) is 5.75 Å². The largest absolute Gasteiger partial charge is 0.488 e. The van der Waals surface area contributed by atoms with Crippen LogP contribution in [-0.4, -0.2) is 45.1 Å². The summed E-state index contributed by atoms with van der Waals surface area (Å²) >= 11 is 0. The Labute approximate surface area is 143 Å². The number of nitrogens with zero attached hydrogens (tertiary/aromatic N) is 3. The molecule has 0 unspecified atom stereocenters. The second kappa shape index (κ2) is 7.36. The molecule has 0 spiro atoms. The summed E-state index contributed by atoms with van der Waals surface area (Å²) in [7, 11) is 1.92. The van der Waals surface area contributed by atoms with Crippen LogP contribution < -0.4 is 4.74 Å². The predicted octanol–water partition coefficient (Wildman–Crippen LogP) is 2.56. The zero-order valence-electron chi connectivity index (χ0n) is 14.7. The third-order valence-electron chi connectivity index (χ3n) is 4.58. The van der Waals surface area contributed by atoms with Gasteiger partial charge in [-0.3, -0.25) is 9.58 Å². The molecule has 2 heterocycles. The molecule has 0 aliphatic carbocycles. The SMILES string of the molecule is CC(C)c1cccc(O[C@@H]2CCN(Cc3cnn(C)c3)C[C@H]2O)c1. The Morgan fingerprint density at radius 3 is 2.88 bits per heavy atom. The van der Waals surface area contributed by atoms with Gasteiger partial charge in [0, 0.05) is 38.4 Å². The van der Waals surface area contributed by atoms with Crippen LogP contribution in [-0.2, 0) is 13.6 Å². The lowest BCUT2D eigenvalue weighted by molar-refractivity contribution is -0.0275. The normalized spacial score (nSPS) is 22.0. The summed E-state index contributed by atoms with van der Waals surface area (Å²) in [5.41, 5.74) is 2.43. The van der Waals surface area contributed by atoms with E-state index in [0.29, 0.717) is 12.5 Å². The molecule has 0 bridgehead atoms. The molecule has 1 aliphatic rings. The molecule has 0 amide bonds. The number of hydrogen-bond acceptors (Lipinski definition) is 4. The Kier molecular flexibility index (Phi) is 5.21. The van der Waals surface area contributed by atoms with Crippen molar-refractivity contribution in [1.82, 2.24) is 14.7 Å². The number of piperidine rings is 1. The van der Waals surface area contributed by atoms with E-state index in [-0.39, 0.29) is 6.10 Å². The van der Waals surface area contributed by atoms with E-state index in [1.54, 1.807) is 0 Å². The molecule has 130 valence electrons. The zero-order chi connectivity index (χ0) is 17.1. The van der Waals surface area contributed by atoms with Crippen LogP contribution in [0.3, 0.4) is 0 Å². The molecule has 1 N–H and O–H groups in total. The van der Waals surface area contributed by atoms with Gasteiger partial charge in [-0.2, -0.15) is 5.10 Å². The highest BCUT2D eigenvalue weighted by molar-refractivity contribution is 5.30. The maximum Gasteiger partial charge on any atom is 0.127 e. The van der Waals surface area contributed by atoms with E-state index in [1.165, 1.54) is 11.1 Å². The van der Waals surface area contributed by atoms with Gasteiger partial charge in [0.05, 0.1) is 6.20 Å². The van der Waals surface area contributed by atoms with Crippen molar-refractivity contribution in [3.63, 3.8) is 0 Å². The van der Waals surface area contributed by atoms with Crippen LogP contribution in [0, 0.1) is 0 Å². The maximum absolute atomic E-state index is 10.5. The lowest BCUT2D eigenvalue weighted by Gasteiger charge is -2.35. The number of aliphatic hydroxyl groups is 1. The molecule has 24 heavy (non-hydrogen) atoms. The highest BCUT2D eigenvalue weighted by Gasteiger charge is 2.29. The van der Waals surface area contributed by atoms with Gasteiger partial charge in [-0.05, 0) is 30.0 Å². The first-order valence-corrected chi connectivity index (χ1v) is 8.66. The molecule has 0 saturated carbocycles. The molecule has 0 radical (unpaired) electrons. The summed E-state index contributed by atoms with van der Waals surface area (Å²) in [6, 6.07) is 8.19. The van der Waals surface area contributed by atoms with Crippen molar-refractivity contribution in [2.45, 2.75) is 44.9 Å². The van der Waals surface area contributed by atoms with Crippen molar-refractivity contribution >= 4 is 0 Å². The minimum absolute atomic E-state index is 0.141. The van der Waals surface area contributed by atoms with Gasteiger partial charge < -0.3 is 9.84 Å². The number of rotatable bonds is 5. The minimum Gasteiger partial charge on any atom is -0.488 e. The van der Waals surface area contributed by atoms with Crippen molar-refractivity contribution < 1.29 is 9.84 Å². The second-order valence-corrected chi connectivity index (χ2v) is 7.00. The van der Waals surface area contributed by atoms with Gasteiger partial charge in [0.1, 0.15) is 18.0 Å². The van der Waals surface area contributed by atoms with E-state index in [1.807, 2.05) is 36.3 Å². The first-order valence-electron chi connectivity index (χ1n) is 8.66. The summed E-state index contributed by atoms with van der Waals surface area (Å²) in [5.74, 6) is 1.32. The molecular weight excluding hydrogens is 302 g/mol. The fourth-order valence-corrected chi connectivity index (χ4v) is 3.19. The number of aliphatic hydroxyl groups excluding tert-OH is 1. The van der Waals surface area contributed by atoms with Crippen LogP contribution >= 0.6 is 0 Å². The molecule has 5 nitrogen and oxygen atoms in total. The van der Waals surface area contributed by atoms with Crippen LogP contribution in [0.15, 0.2) is 36.7 Å². The zero-order valence-corrected chi connectivity index (χ0v) is 14.7. The van der Waals surface area contributed by atoms with Gasteiger partial charge in [0.15, 0.2) is 0 Å². The van der Waals surface area contributed by atoms with Crippen molar-refractivity contribution in [1.29, 1.82) is 0 Å². The summed E-state index contributed by atoms with van der Waals surface area (Å²) in [4.78, 5) is 2.26. The molecule has 2 aromatic rings. The van der Waals surface area contributed by atoms with Gasteiger partial charge in [0.2, 0.25) is 0 Å². The second-order valence-electron chi connectivity index (χ2n) is 7.00. The molecule has 1 fully saturated rings. The highest BCUT2D eigenvalue weighted by atomic mass is 16.5. The molecule has 3 rings (SSSR count). The Morgan fingerprint density at radius 2 is 2.21 bits per heavy atom. The van der Waals surface area contributed by atoms with E-state index >= 15 is 0 Å². The third kappa shape index (κ3) is 4.16. The Morgan fingerprint density at radius 1 is 1.38 bits per heavy atom. The average molecular weight is 329 g/mol. The van der Waals surface area contributed by atoms with Crippen molar-refractivity contribution in [2.75, 3.05) is 13.1 Å². The topological polar surface area (TPSA) is 50.5 Å². The van der Waals surface area contributed by atoms with Gasteiger partial charge >= 0.3 is 0 Å². The molecule has 5 heteroatoms. The van der Waals surface area contributed by atoms with Crippen LogP contribution in [0.25, 0.3) is 0 Å². The Hall–Kier alpha value is -1.85. The lowest BCUT2D eigenvalue weighted by atomic mass is 10.0. The van der Waals surface area contributed by atoms with Crippen LogP contribution in [0.4, 0.5) is 0 Å². The third-order valence-corrected chi connectivity index (χ3v) is 4.58. The summed E-state index contributed by atoms with van der Waals surface area (Å²) in [5, 5.41) is 14.7. The standard InChI is InChI=1S/C19H27N3O2/c1-14(2)16-5-4-6-17(9-16)24-19-7-8-22(13-18(19)23)12-15-10-20-21(3)11-15/h4-6,9-11,14,18-19,23H,7-8,12-13H2,1-3H3/t18-,19-/m1/s1. The van der Waals surface area contributed by atoms with E-state index in [9.17, 15) is 5.11 Å². The summed E-state index contributed by atoms with van der Waals surface area (Å²) in [6.07, 6.45) is 4.11. The average Bonchev–Trinajstić information content (AvgIpc) is 2.95. The van der Waals surface area contributed by atoms with Gasteiger partial charge in [0.25, 0.3) is 0 Å². The molecular formula is C19H27N3O2. The van der Waals surface area contributed by atoms with E-state index < -0.39 is 6.10 Å². The monoisotopic (exact) mass is 329 g/mol. The fourth-order valence-electron chi connectivity index (χ4n) is 3.19. The number of aryl methyl sites for hydroxylation is 1. The van der Waals surface area contributed by atoms with Gasteiger partial charge in [-0.25, -0.2) is 0 Å². The number of aromatic nitrogens is 2. The number of hydrogen-bond donors (Lipinski definition) is 1. The molecule has 1 saturated heterocycles. The Balaban J connectivity index is 1.56. The quantitative estimate of drug-likeness (QED) is 0.916. The van der Waals surface area contributed by atoms with Crippen LogP contribution in [0.1, 0.15) is 37.3 Å². The van der Waals surface area contributed by atoms with Crippen LogP contribution in [0.2, 0.25) is 0 Å². The summed E-state index contributed by atoms with van der Waals surface area (Å²) in [6.45, 7) is 6.71. The molecule has 1 aliphatic heterocycles. The van der Waals surface area contributed by atoms with E-state index in [4.69, 9.17) is 4.74 Å². The van der Waals surface area contributed by atoms with Gasteiger partial charge in [-0.1, -0.05) is 26.0 Å². The number of benzene rings is 1. The van der Waals surface area contributed by atoms with E-state index in [2.05, 4.69) is 36.0 Å². The highest BCUT2D eigenvalue weighted by Crippen LogP contribution is 2.24. The van der Waals surface area contributed by atoms with E-state index in [0.717, 1.165) is 25.3 Å². The summed E-state index contributed by atoms with van der Waals surface area (Å²) < 4.78 is 7.88. The lowest BCUT2D eigenvalue weighted by Crippen LogP contribution is -2.48. The predicted molar refractivity (Wildman–Crippen MR) is 94.1 cm³/mol. The first kappa shape index (κ1) is 17.0. The molecule has 2 atom stereocenters. The van der Waals surface area contributed by atoms with Crippen molar-refractivity contribution in [3.05, 3.63) is 47.8 Å². The number of ether oxygens (including phenoxy) is 1. The van der Waals surface area contributed by atoms with Gasteiger partial charge in [-0.15, -0.1) is 0 Å². The minimum atomic E-state index is -0.474. The first-order chi connectivity index (χ1) is 11.5. The smallest absolute Gasteiger partial charge is 0.127 e.